The summed E-state index contributed by atoms with van der Waals surface area (Å²) in [4.78, 5) is 33.3. The van der Waals surface area contributed by atoms with Crippen LogP contribution in [0.15, 0.2) is 47.8 Å². The number of aromatic nitrogens is 3. The lowest BCUT2D eigenvalue weighted by atomic mass is 10.2. The molecule has 8 nitrogen and oxygen atoms in total. The van der Waals surface area contributed by atoms with Crippen LogP contribution in [0.1, 0.15) is 9.67 Å². The molecule has 1 aromatic carbocycles. The van der Waals surface area contributed by atoms with Crippen molar-refractivity contribution in [3.05, 3.63) is 52.7 Å². The highest BCUT2D eigenvalue weighted by Gasteiger charge is 2.25. The van der Waals surface area contributed by atoms with Crippen LogP contribution >= 0.6 is 11.3 Å². The van der Waals surface area contributed by atoms with Crippen LogP contribution in [0.25, 0.3) is 11.4 Å². The maximum absolute atomic E-state index is 12.4. The minimum atomic E-state index is -0.267. The lowest BCUT2D eigenvalue weighted by Gasteiger charge is -2.34. The summed E-state index contributed by atoms with van der Waals surface area (Å²) in [5, 5.41) is 11.5. The van der Waals surface area contributed by atoms with E-state index in [1.54, 1.807) is 9.80 Å². The summed E-state index contributed by atoms with van der Waals surface area (Å²) in [5.41, 5.74) is 0.895. The van der Waals surface area contributed by atoms with Crippen molar-refractivity contribution in [1.82, 2.24) is 25.0 Å². The molecule has 2 N–H and O–H groups in total. The average Bonchev–Trinajstić information content (AvgIpc) is 3.40. The number of piperazine rings is 1. The molecule has 3 aromatic rings. The molecule has 0 saturated carbocycles. The van der Waals surface area contributed by atoms with Crippen molar-refractivity contribution in [2.75, 3.05) is 31.5 Å². The topological polar surface area (TPSA) is 94.2 Å². The number of nitrogens with zero attached hydrogens (tertiary/aromatic N) is 4. The van der Waals surface area contributed by atoms with Gasteiger partial charge in [0.05, 0.1) is 4.88 Å². The zero-order valence-corrected chi connectivity index (χ0v) is 15.3. The highest BCUT2D eigenvalue weighted by molar-refractivity contribution is 7.12. The standard InChI is InChI=1S/C18H18N6O2S/c25-16(14-7-4-12-27-14)23-8-10-24(11-9-23)18(26)20-17-19-15(21-22-17)13-5-2-1-3-6-13/h1-7,12H,8-11H2,(H2,19,20,21,22,26). The summed E-state index contributed by atoms with van der Waals surface area (Å²) in [6.45, 7) is 1.96. The monoisotopic (exact) mass is 382 g/mol. The van der Waals surface area contributed by atoms with Crippen LogP contribution in [0, 0.1) is 0 Å². The molecule has 0 bridgehead atoms. The number of anilines is 1. The number of amides is 3. The number of carbonyl (C=O) groups excluding carboxylic acids is 2. The first-order valence-corrected chi connectivity index (χ1v) is 9.45. The fourth-order valence-electron chi connectivity index (χ4n) is 2.89. The van der Waals surface area contributed by atoms with Crippen LogP contribution in [0.4, 0.5) is 10.7 Å². The smallest absolute Gasteiger partial charge is 0.324 e. The van der Waals surface area contributed by atoms with E-state index in [9.17, 15) is 9.59 Å². The molecule has 0 spiro atoms. The van der Waals surface area contributed by atoms with Crippen LogP contribution in [-0.4, -0.2) is 63.1 Å². The summed E-state index contributed by atoms with van der Waals surface area (Å²) in [6, 6.07) is 13.0. The van der Waals surface area contributed by atoms with Gasteiger partial charge in [-0.25, -0.2) is 4.79 Å². The van der Waals surface area contributed by atoms with Crippen molar-refractivity contribution < 1.29 is 9.59 Å². The van der Waals surface area contributed by atoms with Crippen molar-refractivity contribution in [3.63, 3.8) is 0 Å². The second-order valence-electron chi connectivity index (χ2n) is 6.06. The lowest BCUT2D eigenvalue weighted by Crippen LogP contribution is -2.51. The van der Waals surface area contributed by atoms with Gasteiger partial charge in [-0.2, -0.15) is 4.98 Å². The number of thiophene rings is 1. The Morgan fingerprint density at radius 1 is 1.00 bits per heavy atom. The average molecular weight is 382 g/mol. The predicted octanol–water partition coefficient (Wildman–Crippen LogP) is 2.52. The zero-order valence-electron chi connectivity index (χ0n) is 14.5. The Labute approximate surface area is 159 Å². The molecule has 0 unspecified atom stereocenters. The second-order valence-corrected chi connectivity index (χ2v) is 7.01. The van der Waals surface area contributed by atoms with Crippen LogP contribution in [0.5, 0.6) is 0 Å². The van der Waals surface area contributed by atoms with Gasteiger partial charge in [0.15, 0.2) is 5.82 Å². The van der Waals surface area contributed by atoms with Gasteiger partial charge in [-0.05, 0) is 11.4 Å². The van der Waals surface area contributed by atoms with E-state index >= 15 is 0 Å². The molecule has 3 heterocycles. The van der Waals surface area contributed by atoms with Crippen LogP contribution < -0.4 is 5.32 Å². The van der Waals surface area contributed by atoms with Gasteiger partial charge >= 0.3 is 6.03 Å². The first-order valence-electron chi connectivity index (χ1n) is 8.57. The van der Waals surface area contributed by atoms with Crippen LogP contribution in [-0.2, 0) is 0 Å². The number of H-pyrrole nitrogens is 1. The van der Waals surface area contributed by atoms with Gasteiger partial charge in [0.1, 0.15) is 0 Å². The van der Waals surface area contributed by atoms with E-state index in [0.717, 1.165) is 10.4 Å². The molecule has 0 atom stereocenters. The number of carbonyl (C=O) groups is 2. The number of hydrogen-bond donors (Lipinski definition) is 2. The molecule has 1 fully saturated rings. The summed E-state index contributed by atoms with van der Waals surface area (Å²) >= 11 is 1.43. The summed E-state index contributed by atoms with van der Waals surface area (Å²) in [5.74, 6) is 0.847. The van der Waals surface area contributed by atoms with E-state index in [1.165, 1.54) is 11.3 Å². The molecule has 0 radical (unpaired) electrons. The Kier molecular flexibility index (Phi) is 4.84. The van der Waals surface area contributed by atoms with E-state index in [1.807, 2.05) is 47.8 Å². The van der Waals surface area contributed by atoms with Crippen molar-refractivity contribution in [3.8, 4) is 11.4 Å². The normalized spacial score (nSPS) is 14.2. The summed E-state index contributed by atoms with van der Waals surface area (Å²) in [7, 11) is 0. The highest BCUT2D eigenvalue weighted by atomic mass is 32.1. The SMILES string of the molecule is O=C(Nc1n[nH]c(-c2ccccc2)n1)N1CCN(C(=O)c2cccs2)CC1. The quantitative estimate of drug-likeness (QED) is 0.728. The van der Waals surface area contributed by atoms with Crippen molar-refractivity contribution >= 4 is 29.2 Å². The Hall–Kier alpha value is -3.20. The molecule has 1 aliphatic heterocycles. The summed E-state index contributed by atoms with van der Waals surface area (Å²) in [6.07, 6.45) is 0. The van der Waals surface area contributed by atoms with E-state index in [2.05, 4.69) is 20.5 Å². The van der Waals surface area contributed by atoms with Gasteiger partial charge in [-0.15, -0.1) is 16.4 Å². The van der Waals surface area contributed by atoms with Crippen molar-refractivity contribution in [2.45, 2.75) is 0 Å². The third-order valence-corrected chi connectivity index (χ3v) is 5.20. The molecule has 9 heteroatoms. The minimum Gasteiger partial charge on any atom is -0.334 e. The molecule has 2 aromatic heterocycles. The fraction of sp³-hybridized carbons (Fsp3) is 0.222. The van der Waals surface area contributed by atoms with Gasteiger partial charge in [-0.3, -0.25) is 15.2 Å². The summed E-state index contributed by atoms with van der Waals surface area (Å²) < 4.78 is 0. The molecule has 1 saturated heterocycles. The number of rotatable bonds is 3. The molecule has 1 aliphatic rings. The number of urea groups is 1. The van der Waals surface area contributed by atoms with Crippen LogP contribution in [0.2, 0.25) is 0 Å². The molecule has 0 aliphatic carbocycles. The fourth-order valence-corrected chi connectivity index (χ4v) is 3.58. The third-order valence-electron chi connectivity index (χ3n) is 4.34. The van der Waals surface area contributed by atoms with Crippen molar-refractivity contribution in [2.24, 2.45) is 0 Å². The Bertz CT molecular complexity index is 917. The zero-order chi connectivity index (χ0) is 18.6. The van der Waals surface area contributed by atoms with Crippen LogP contribution in [0.3, 0.4) is 0 Å². The van der Waals surface area contributed by atoms with E-state index in [-0.39, 0.29) is 17.9 Å². The number of nitrogens with one attached hydrogen (secondary N) is 2. The largest absolute Gasteiger partial charge is 0.334 e. The minimum absolute atomic E-state index is 0.0199. The Morgan fingerprint density at radius 2 is 1.74 bits per heavy atom. The van der Waals surface area contributed by atoms with E-state index in [4.69, 9.17) is 0 Å². The highest BCUT2D eigenvalue weighted by Crippen LogP contribution is 2.16. The molecule has 27 heavy (non-hydrogen) atoms. The molecular formula is C18H18N6O2S. The molecule has 3 amide bonds. The number of benzene rings is 1. The lowest BCUT2D eigenvalue weighted by molar-refractivity contribution is 0.0676. The first-order chi connectivity index (χ1) is 13.2. The van der Waals surface area contributed by atoms with E-state index < -0.39 is 0 Å². The first kappa shape index (κ1) is 17.2. The predicted molar refractivity (Wildman–Crippen MR) is 103 cm³/mol. The van der Waals surface area contributed by atoms with E-state index in [0.29, 0.717) is 32.0 Å². The molecule has 4 rings (SSSR count). The van der Waals surface area contributed by atoms with Gasteiger partial charge in [0.2, 0.25) is 5.95 Å². The molecule has 138 valence electrons. The van der Waals surface area contributed by atoms with Gasteiger partial charge < -0.3 is 9.80 Å². The van der Waals surface area contributed by atoms with Gasteiger partial charge in [0, 0.05) is 31.7 Å². The molecular weight excluding hydrogens is 364 g/mol. The Balaban J connectivity index is 1.32. The number of hydrogen-bond acceptors (Lipinski definition) is 5. The van der Waals surface area contributed by atoms with Crippen molar-refractivity contribution in [1.29, 1.82) is 0 Å². The third kappa shape index (κ3) is 3.82. The van der Waals surface area contributed by atoms with Gasteiger partial charge in [-0.1, -0.05) is 36.4 Å². The Morgan fingerprint density at radius 3 is 2.44 bits per heavy atom. The second kappa shape index (κ2) is 7.58. The maximum atomic E-state index is 12.4. The number of aromatic amines is 1. The van der Waals surface area contributed by atoms with Gasteiger partial charge in [0.25, 0.3) is 5.91 Å². The maximum Gasteiger partial charge on any atom is 0.324 e.